The van der Waals surface area contributed by atoms with Crippen molar-refractivity contribution in [3.05, 3.63) is 48.6 Å². The Morgan fingerprint density at radius 2 is 1.50 bits per heavy atom. The molecule has 0 spiro atoms. The second kappa shape index (κ2) is 12.3. The molecule has 1 saturated carbocycles. The van der Waals surface area contributed by atoms with Gasteiger partial charge in [-0.1, -0.05) is 55.0 Å². The second-order valence-electron chi connectivity index (χ2n) is 6.41. The van der Waals surface area contributed by atoms with Crippen LogP contribution in [0.15, 0.2) is 48.6 Å². The zero-order valence-corrected chi connectivity index (χ0v) is 16.2. The van der Waals surface area contributed by atoms with Crippen LogP contribution >= 0.6 is 0 Å². The van der Waals surface area contributed by atoms with Gasteiger partial charge in [-0.25, -0.2) is 0 Å². The summed E-state index contributed by atoms with van der Waals surface area (Å²) in [6, 6.07) is 0. The predicted molar refractivity (Wildman–Crippen MR) is 105 cm³/mol. The van der Waals surface area contributed by atoms with Gasteiger partial charge in [0.05, 0.1) is 13.2 Å². The molecule has 0 aliphatic heterocycles. The molecule has 0 N–H and O–H groups in total. The topological polar surface area (TPSA) is 52.6 Å². The van der Waals surface area contributed by atoms with Gasteiger partial charge in [0.1, 0.15) is 0 Å². The average Bonchev–Trinajstić information content (AvgIpc) is 2.65. The Balaban J connectivity index is 3.01. The molecule has 1 aliphatic rings. The molecular formula is C22H32O4. The molecule has 144 valence electrons. The summed E-state index contributed by atoms with van der Waals surface area (Å²) in [5.74, 6) is -1.08. The van der Waals surface area contributed by atoms with Crippen LogP contribution in [0.2, 0.25) is 0 Å². The van der Waals surface area contributed by atoms with Crippen LogP contribution in [0, 0.1) is 5.41 Å². The molecule has 0 heterocycles. The molecular weight excluding hydrogens is 328 g/mol. The number of carbonyl (C=O) groups is 2. The van der Waals surface area contributed by atoms with E-state index in [2.05, 4.69) is 12.7 Å². The highest BCUT2D eigenvalue weighted by molar-refractivity contribution is 6.00. The van der Waals surface area contributed by atoms with E-state index in [4.69, 9.17) is 9.47 Å². The summed E-state index contributed by atoms with van der Waals surface area (Å²) < 4.78 is 10.4. The molecule has 1 aliphatic carbocycles. The summed E-state index contributed by atoms with van der Waals surface area (Å²) >= 11 is 0. The van der Waals surface area contributed by atoms with Crippen molar-refractivity contribution in [3.8, 4) is 0 Å². The maximum Gasteiger partial charge on any atom is 0.324 e. The molecule has 26 heavy (non-hydrogen) atoms. The van der Waals surface area contributed by atoms with Crippen LogP contribution in [0.25, 0.3) is 0 Å². The van der Waals surface area contributed by atoms with Gasteiger partial charge in [0.15, 0.2) is 5.41 Å². The summed E-state index contributed by atoms with van der Waals surface area (Å²) in [7, 11) is 0. The molecule has 4 heteroatoms. The van der Waals surface area contributed by atoms with Crippen LogP contribution in [0.1, 0.15) is 58.8 Å². The van der Waals surface area contributed by atoms with Gasteiger partial charge >= 0.3 is 11.9 Å². The normalized spacial score (nSPS) is 15.2. The fraction of sp³-hybridized carbons (Fsp3) is 0.545. The Hall–Kier alpha value is -2.10. The number of hydrogen-bond donors (Lipinski definition) is 0. The minimum Gasteiger partial charge on any atom is -0.465 e. The second-order valence-corrected chi connectivity index (χ2v) is 6.41. The lowest BCUT2D eigenvalue weighted by atomic mass is 9.80. The highest BCUT2D eigenvalue weighted by Gasteiger charge is 2.47. The van der Waals surface area contributed by atoms with Gasteiger partial charge in [-0.15, -0.1) is 0 Å². The number of allylic oxidation sites excluding steroid dienone is 7. The molecule has 0 bridgehead atoms. The third-order valence-electron chi connectivity index (χ3n) is 4.50. The van der Waals surface area contributed by atoms with E-state index in [-0.39, 0.29) is 26.1 Å². The summed E-state index contributed by atoms with van der Waals surface area (Å²) in [6.07, 6.45) is 17.5. The molecule has 4 nitrogen and oxygen atoms in total. The average molecular weight is 360 g/mol. The van der Waals surface area contributed by atoms with Crippen LogP contribution in [0.4, 0.5) is 0 Å². The fourth-order valence-corrected chi connectivity index (χ4v) is 3.05. The maximum absolute atomic E-state index is 12.6. The molecule has 1 fully saturated rings. The minimum absolute atomic E-state index is 0.220. The van der Waals surface area contributed by atoms with E-state index in [1.165, 1.54) is 24.8 Å². The molecule has 0 saturated heterocycles. The molecule has 0 amide bonds. The fourth-order valence-electron chi connectivity index (χ4n) is 3.05. The molecule has 0 aromatic carbocycles. The van der Waals surface area contributed by atoms with E-state index in [9.17, 15) is 9.59 Å². The van der Waals surface area contributed by atoms with Gasteiger partial charge < -0.3 is 9.47 Å². The first-order valence-electron chi connectivity index (χ1n) is 9.57. The van der Waals surface area contributed by atoms with Crippen molar-refractivity contribution in [2.45, 2.75) is 58.8 Å². The molecule has 0 radical (unpaired) electrons. The van der Waals surface area contributed by atoms with Crippen molar-refractivity contribution in [3.63, 3.8) is 0 Å². The number of carbonyl (C=O) groups excluding carboxylic acids is 2. The van der Waals surface area contributed by atoms with E-state index >= 15 is 0 Å². The van der Waals surface area contributed by atoms with Crippen LogP contribution in [-0.2, 0) is 19.1 Å². The smallest absolute Gasteiger partial charge is 0.324 e. The highest BCUT2D eigenvalue weighted by atomic mass is 16.6. The van der Waals surface area contributed by atoms with Crippen molar-refractivity contribution in [2.24, 2.45) is 5.41 Å². The summed E-state index contributed by atoms with van der Waals surface area (Å²) in [5, 5.41) is 0. The number of hydrogen-bond acceptors (Lipinski definition) is 4. The molecule has 1 rings (SSSR count). The van der Waals surface area contributed by atoms with Crippen LogP contribution in [-0.4, -0.2) is 25.2 Å². The van der Waals surface area contributed by atoms with Crippen molar-refractivity contribution in [2.75, 3.05) is 13.2 Å². The van der Waals surface area contributed by atoms with E-state index in [0.717, 1.165) is 12.8 Å². The third kappa shape index (κ3) is 6.66. The van der Waals surface area contributed by atoms with Crippen molar-refractivity contribution >= 4 is 11.9 Å². The first-order valence-corrected chi connectivity index (χ1v) is 9.57. The van der Waals surface area contributed by atoms with Gasteiger partial charge in [0.25, 0.3) is 0 Å². The first kappa shape index (κ1) is 21.9. The summed E-state index contributed by atoms with van der Waals surface area (Å²) in [5.41, 5.74) is 0.0736. The van der Waals surface area contributed by atoms with E-state index < -0.39 is 17.4 Å². The SMILES string of the molecule is C=C/C=C/CC(C/C=C/C=C1CCCCC1)(C(=O)OCC)C(=O)OCC. The monoisotopic (exact) mass is 360 g/mol. The Labute approximate surface area is 157 Å². The van der Waals surface area contributed by atoms with Gasteiger partial charge in [-0.05, 0) is 52.4 Å². The van der Waals surface area contributed by atoms with E-state index in [1.807, 2.05) is 12.2 Å². The van der Waals surface area contributed by atoms with E-state index in [1.54, 1.807) is 32.1 Å². The number of esters is 2. The zero-order valence-electron chi connectivity index (χ0n) is 16.2. The van der Waals surface area contributed by atoms with Gasteiger partial charge in [0, 0.05) is 0 Å². The van der Waals surface area contributed by atoms with Gasteiger partial charge in [0.2, 0.25) is 0 Å². The lowest BCUT2D eigenvalue weighted by Gasteiger charge is -2.27. The van der Waals surface area contributed by atoms with Crippen molar-refractivity contribution in [1.82, 2.24) is 0 Å². The minimum atomic E-state index is -1.35. The molecule has 0 aromatic heterocycles. The van der Waals surface area contributed by atoms with Gasteiger partial charge in [-0.2, -0.15) is 0 Å². The summed E-state index contributed by atoms with van der Waals surface area (Å²) in [4.78, 5) is 25.3. The van der Waals surface area contributed by atoms with Crippen LogP contribution in [0.5, 0.6) is 0 Å². The lowest BCUT2D eigenvalue weighted by Crippen LogP contribution is -2.41. The first-order chi connectivity index (χ1) is 12.6. The van der Waals surface area contributed by atoms with Crippen molar-refractivity contribution < 1.29 is 19.1 Å². The lowest BCUT2D eigenvalue weighted by molar-refractivity contribution is -0.171. The maximum atomic E-state index is 12.6. The van der Waals surface area contributed by atoms with Gasteiger partial charge in [-0.3, -0.25) is 9.59 Å². The standard InChI is InChI=1S/C22H32O4/c1-4-7-12-17-22(20(23)25-5-2,21(24)26-6-3)18-13-11-16-19-14-9-8-10-15-19/h4,7,11-13,16H,1,5-6,8-10,14-15,17-18H2,2-3H3/b12-7+,13-11+. The predicted octanol–water partition coefficient (Wildman–Crippen LogP) is 5.07. The largest absolute Gasteiger partial charge is 0.465 e. The summed E-state index contributed by atoms with van der Waals surface area (Å²) in [6.45, 7) is 7.54. The van der Waals surface area contributed by atoms with Crippen molar-refractivity contribution in [1.29, 1.82) is 0 Å². The Morgan fingerprint density at radius 1 is 0.962 bits per heavy atom. The third-order valence-corrected chi connectivity index (χ3v) is 4.50. The quantitative estimate of drug-likeness (QED) is 0.310. The molecule has 0 atom stereocenters. The molecule has 0 aromatic rings. The number of ether oxygens (including phenoxy) is 2. The molecule has 0 unspecified atom stereocenters. The number of rotatable bonds is 10. The van der Waals surface area contributed by atoms with Crippen LogP contribution in [0.3, 0.4) is 0 Å². The highest BCUT2D eigenvalue weighted by Crippen LogP contribution is 2.32. The Bertz CT molecular complexity index is 528. The zero-order chi connectivity index (χ0) is 19.3. The van der Waals surface area contributed by atoms with Crippen LogP contribution < -0.4 is 0 Å². The Kier molecular flexibility index (Phi) is 10.4. The Morgan fingerprint density at radius 3 is 2.00 bits per heavy atom. The van der Waals surface area contributed by atoms with E-state index in [0.29, 0.717) is 0 Å².